The molecule has 0 unspecified atom stereocenters. The molecular weight excluding hydrogens is 731 g/mol. The highest BCUT2D eigenvalue weighted by Gasteiger charge is 2.36. The van der Waals surface area contributed by atoms with Crippen LogP contribution < -0.4 is 24.8 Å². The Morgan fingerprint density at radius 1 is 0.962 bits per heavy atom. The van der Waals surface area contributed by atoms with Crippen LogP contribution in [0.3, 0.4) is 0 Å². The number of carbonyl (C=O) groups is 4. The van der Waals surface area contributed by atoms with Gasteiger partial charge in [0.2, 0.25) is 23.5 Å². The lowest BCUT2D eigenvalue weighted by atomic mass is 9.99. The highest BCUT2D eigenvalue weighted by molar-refractivity contribution is 6.37. The molecule has 276 valence electrons. The molecule has 2 aliphatic rings. The van der Waals surface area contributed by atoms with Gasteiger partial charge in [-0.1, -0.05) is 53.5 Å². The number of hydrogen-bond acceptors (Lipinski definition) is 10. The van der Waals surface area contributed by atoms with E-state index < -0.39 is 52.4 Å². The Hall–Kier alpha value is -5.86. The van der Waals surface area contributed by atoms with Gasteiger partial charge in [0, 0.05) is 19.5 Å². The van der Waals surface area contributed by atoms with Crippen molar-refractivity contribution < 1.29 is 43.0 Å². The monoisotopic (exact) mass is 764 g/mol. The van der Waals surface area contributed by atoms with Gasteiger partial charge in [-0.3, -0.25) is 24.5 Å². The van der Waals surface area contributed by atoms with Crippen molar-refractivity contribution in [2.75, 3.05) is 28.4 Å². The summed E-state index contributed by atoms with van der Waals surface area (Å²) >= 11 is 12.9. The first-order chi connectivity index (χ1) is 25.3. The molecule has 4 aromatic rings. The van der Waals surface area contributed by atoms with E-state index >= 15 is 0 Å². The minimum absolute atomic E-state index is 0.0544. The zero-order valence-corrected chi connectivity index (χ0v) is 30.4. The second-order valence-corrected chi connectivity index (χ2v) is 12.7. The Bertz CT molecular complexity index is 2040. The van der Waals surface area contributed by atoms with Crippen molar-refractivity contribution in [1.29, 1.82) is 0 Å². The van der Waals surface area contributed by atoms with Crippen molar-refractivity contribution in [1.82, 2.24) is 15.5 Å². The number of likely N-dealkylation sites (N-methyl/N-ethyl adjacent to an activating group) is 1. The van der Waals surface area contributed by atoms with Crippen LogP contribution in [0.2, 0.25) is 10.0 Å². The predicted octanol–water partition coefficient (Wildman–Crippen LogP) is 5.52. The van der Waals surface area contributed by atoms with Gasteiger partial charge in [0.25, 0.3) is 0 Å². The number of rotatable bonds is 8. The smallest absolute Gasteiger partial charge is 0.333 e. The Labute approximate surface area is 314 Å². The summed E-state index contributed by atoms with van der Waals surface area (Å²) < 4.78 is 21.4. The largest absolute Gasteiger partial charge is 0.497 e. The van der Waals surface area contributed by atoms with E-state index in [-0.39, 0.29) is 51.3 Å². The molecule has 0 saturated heterocycles. The van der Waals surface area contributed by atoms with Gasteiger partial charge in [0.05, 0.1) is 42.7 Å². The summed E-state index contributed by atoms with van der Waals surface area (Å²) in [6.07, 6.45) is -0.498. The summed E-state index contributed by atoms with van der Waals surface area (Å²) in [6, 6.07) is 15.5. The predicted molar refractivity (Wildman–Crippen MR) is 193 cm³/mol. The van der Waals surface area contributed by atoms with Crippen LogP contribution in [0.4, 0.5) is 5.69 Å². The number of ether oxygens (including phenoxy) is 4. The molecule has 0 saturated carbocycles. The second kappa shape index (κ2) is 16.7. The lowest BCUT2D eigenvalue weighted by Crippen LogP contribution is -2.53. The molecule has 4 aromatic carbocycles. The van der Waals surface area contributed by atoms with E-state index in [1.165, 1.54) is 51.6 Å². The van der Waals surface area contributed by atoms with Crippen LogP contribution in [0.25, 0.3) is 0 Å². The molecule has 4 bridgehead atoms. The van der Waals surface area contributed by atoms with E-state index in [1.54, 1.807) is 48.5 Å². The Morgan fingerprint density at radius 2 is 1.66 bits per heavy atom. The molecule has 53 heavy (non-hydrogen) atoms. The third-order valence-corrected chi connectivity index (χ3v) is 9.10. The zero-order chi connectivity index (χ0) is 38.4. The molecule has 0 radical (unpaired) electrons. The fraction of sp³-hybridized carbons (Fsp3) is 0.243. The van der Waals surface area contributed by atoms with Crippen LogP contribution in [0.15, 0.2) is 78.9 Å². The van der Waals surface area contributed by atoms with Gasteiger partial charge in [-0.05, 0) is 64.7 Å². The maximum Gasteiger partial charge on any atom is 0.333 e. The van der Waals surface area contributed by atoms with Crippen molar-refractivity contribution in [3.05, 3.63) is 121 Å². The van der Waals surface area contributed by atoms with E-state index in [0.29, 0.717) is 16.9 Å². The van der Waals surface area contributed by atoms with Crippen LogP contribution in [0, 0.1) is 10.1 Å². The van der Waals surface area contributed by atoms with Crippen LogP contribution in [0.1, 0.15) is 34.3 Å². The Kier molecular flexibility index (Phi) is 12.1. The molecule has 0 spiro atoms. The average molecular weight is 766 g/mol. The van der Waals surface area contributed by atoms with Crippen molar-refractivity contribution in [3.63, 3.8) is 0 Å². The molecule has 0 fully saturated rings. The lowest BCUT2D eigenvalue weighted by Gasteiger charge is -2.32. The number of nitrogens with zero attached hydrogens (tertiary/aromatic N) is 2. The van der Waals surface area contributed by atoms with Crippen molar-refractivity contribution in [3.8, 4) is 23.0 Å². The van der Waals surface area contributed by atoms with Crippen LogP contribution >= 0.6 is 23.2 Å². The molecular formula is C37H34Cl2N4O10. The quantitative estimate of drug-likeness (QED) is 0.132. The lowest BCUT2D eigenvalue weighted by molar-refractivity contribution is -0.385. The number of halogens is 2. The summed E-state index contributed by atoms with van der Waals surface area (Å²) in [7, 11) is 5.33. The number of methoxy groups -OCH3 is 3. The first-order valence-corrected chi connectivity index (χ1v) is 16.7. The first-order valence-electron chi connectivity index (χ1n) is 16.0. The maximum absolute atomic E-state index is 14.6. The van der Waals surface area contributed by atoms with Gasteiger partial charge < -0.3 is 34.5 Å². The summed E-state index contributed by atoms with van der Waals surface area (Å²) in [5, 5.41) is 17.8. The van der Waals surface area contributed by atoms with Crippen molar-refractivity contribution in [2.24, 2.45) is 0 Å². The number of fused-ring (bicyclic) bond motifs is 9. The minimum Gasteiger partial charge on any atom is -0.497 e. The summed E-state index contributed by atoms with van der Waals surface area (Å²) in [6.45, 7) is 0. The Balaban J connectivity index is 1.64. The number of esters is 1. The fourth-order valence-corrected chi connectivity index (χ4v) is 6.47. The van der Waals surface area contributed by atoms with E-state index in [0.717, 1.165) is 12.0 Å². The number of benzene rings is 4. The Morgan fingerprint density at radius 3 is 2.28 bits per heavy atom. The standard InChI is InChI=1S/C37H34Cl2N4O10/c1-42-29(35(45)41-33(37(47)52-4)22-9-11-24(50-2)12-10-22)16-21-8-13-30(28(15-21)43(48)49)53-25-7-5-6-20(14-25)17-31(44)40-32(36(42)46)23-18-26(38)34(51-3)27(39)19-23/h5-15,18-19,29,32-33H,16-17H2,1-4H3,(H,40,44)(H,41,45)/t29-,32-,33+/m0/s1. The minimum atomic E-state index is -1.44. The van der Waals surface area contributed by atoms with E-state index in [4.69, 9.17) is 42.1 Å². The topological polar surface area (TPSA) is 176 Å². The highest BCUT2D eigenvalue weighted by atomic mass is 35.5. The molecule has 2 aliphatic heterocycles. The molecule has 6 rings (SSSR count). The molecule has 3 amide bonds. The SMILES string of the molecule is COC(=O)[C@H](NC(=O)[C@@H]1Cc2ccc(c([N+](=O)[O-])c2)Oc2cccc(c2)CC(=O)N[C@@H](c2cc(Cl)c(OC)c(Cl)c2)C(=O)N1C)c1ccc(OC)cc1. The number of nitrogens with one attached hydrogen (secondary N) is 2. The highest BCUT2D eigenvalue weighted by Crippen LogP contribution is 2.37. The average Bonchev–Trinajstić information content (AvgIpc) is 3.14. The molecule has 2 heterocycles. The third-order valence-electron chi connectivity index (χ3n) is 8.54. The number of nitro benzene ring substituents is 1. The maximum atomic E-state index is 14.6. The number of carbonyl (C=O) groups excluding carboxylic acids is 4. The van der Waals surface area contributed by atoms with Gasteiger partial charge >= 0.3 is 11.7 Å². The van der Waals surface area contributed by atoms with Crippen molar-refractivity contribution in [2.45, 2.75) is 31.0 Å². The van der Waals surface area contributed by atoms with Crippen molar-refractivity contribution >= 4 is 52.6 Å². The fourth-order valence-electron chi connectivity index (χ4n) is 5.81. The molecule has 0 aliphatic carbocycles. The second-order valence-electron chi connectivity index (χ2n) is 11.9. The van der Waals surface area contributed by atoms with E-state index in [1.807, 2.05) is 0 Å². The van der Waals surface area contributed by atoms with Crippen LogP contribution in [-0.2, 0) is 36.8 Å². The first kappa shape index (κ1) is 38.4. The number of amides is 3. The van der Waals surface area contributed by atoms with Crippen LogP contribution in [0.5, 0.6) is 23.0 Å². The van der Waals surface area contributed by atoms with Gasteiger partial charge in [-0.2, -0.15) is 0 Å². The van der Waals surface area contributed by atoms with Gasteiger partial charge in [0.1, 0.15) is 23.6 Å². The van der Waals surface area contributed by atoms with Gasteiger partial charge in [-0.25, -0.2) is 4.79 Å². The summed E-state index contributed by atoms with van der Waals surface area (Å²) in [5.41, 5.74) is 0.869. The van der Waals surface area contributed by atoms with E-state index in [2.05, 4.69) is 10.6 Å². The molecule has 14 nitrogen and oxygen atoms in total. The number of nitro groups is 1. The zero-order valence-electron chi connectivity index (χ0n) is 28.9. The van der Waals surface area contributed by atoms with E-state index in [9.17, 15) is 29.3 Å². The third kappa shape index (κ3) is 8.79. The molecule has 16 heteroatoms. The summed E-state index contributed by atoms with van der Waals surface area (Å²) in [4.78, 5) is 68.2. The van der Waals surface area contributed by atoms with Gasteiger partial charge in [0.15, 0.2) is 11.8 Å². The summed E-state index contributed by atoms with van der Waals surface area (Å²) in [5.74, 6) is -2.21. The van der Waals surface area contributed by atoms with Crippen LogP contribution in [-0.4, -0.2) is 67.9 Å². The van der Waals surface area contributed by atoms with Gasteiger partial charge in [-0.15, -0.1) is 0 Å². The number of hydrogen-bond donors (Lipinski definition) is 2. The normalized spacial score (nSPS) is 16.5. The molecule has 3 atom stereocenters. The molecule has 0 aromatic heterocycles. The molecule has 2 N–H and O–H groups in total.